The lowest BCUT2D eigenvalue weighted by Gasteiger charge is -2.41. The topological polar surface area (TPSA) is 165 Å². The molecule has 0 spiro atoms. The molecule has 3 heterocycles. The highest BCUT2D eigenvalue weighted by Crippen LogP contribution is 2.42. The Balaban J connectivity index is 0.921. The molecule has 0 saturated heterocycles. The predicted molar refractivity (Wildman–Crippen MR) is 242 cm³/mol. The van der Waals surface area contributed by atoms with E-state index in [1.165, 1.54) is 35.3 Å². The molecule has 0 bridgehead atoms. The van der Waals surface area contributed by atoms with Crippen molar-refractivity contribution in [1.29, 1.82) is 0 Å². The van der Waals surface area contributed by atoms with E-state index in [4.69, 9.17) is 9.47 Å². The van der Waals surface area contributed by atoms with Gasteiger partial charge in [-0.15, -0.1) is 0 Å². The van der Waals surface area contributed by atoms with Crippen LogP contribution in [-0.4, -0.2) is 87.2 Å². The fourth-order valence-corrected chi connectivity index (χ4v) is 9.60. The summed E-state index contributed by atoms with van der Waals surface area (Å²) in [5.41, 5.74) is 0.316. The molecule has 330 valence electrons. The van der Waals surface area contributed by atoms with Gasteiger partial charge in [-0.2, -0.15) is 0 Å². The molecule has 13 nitrogen and oxygen atoms in total. The number of hydrogen-bond acceptors (Lipinski definition) is 10. The number of nitrogens with zero attached hydrogens (tertiary/aromatic N) is 3. The van der Waals surface area contributed by atoms with E-state index in [9.17, 15) is 38.4 Å². The molecule has 0 N–H and O–H groups in total. The van der Waals surface area contributed by atoms with Crippen molar-refractivity contribution >= 4 is 54.9 Å². The van der Waals surface area contributed by atoms with Crippen LogP contribution < -0.4 is 9.47 Å². The van der Waals surface area contributed by atoms with Crippen molar-refractivity contribution < 1.29 is 47.8 Å². The first-order chi connectivity index (χ1) is 31.0. The molecule has 65 heavy (non-hydrogen) atoms. The zero-order valence-electron chi connectivity index (χ0n) is 37.1. The Kier molecular flexibility index (Phi) is 11.4. The molecule has 4 aliphatic rings. The predicted octanol–water partition coefficient (Wildman–Crippen LogP) is 7.19. The molecule has 3 aliphatic heterocycles. The number of allylic oxidation sites excluding steroid dienone is 2. The van der Waals surface area contributed by atoms with Gasteiger partial charge in [0, 0.05) is 23.1 Å². The first-order valence-corrected chi connectivity index (χ1v) is 21.9. The van der Waals surface area contributed by atoms with Gasteiger partial charge < -0.3 is 9.47 Å². The molecule has 6 amide bonds. The summed E-state index contributed by atoms with van der Waals surface area (Å²) in [5, 5.41) is 0. The Morgan fingerprint density at radius 1 is 0.508 bits per heavy atom. The van der Waals surface area contributed by atoms with E-state index >= 15 is 0 Å². The zero-order chi connectivity index (χ0) is 46.6. The van der Waals surface area contributed by atoms with Crippen molar-refractivity contribution in [2.45, 2.75) is 83.1 Å². The molecule has 1 unspecified atom stereocenters. The number of benzene rings is 4. The van der Waals surface area contributed by atoms with Crippen molar-refractivity contribution in [3.05, 3.63) is 143 Å². The number of hydrogen-bond donors (Lipinski definition) is 0. The van der Waals surface area contributed by atoms with Gasteiger partial charge in [-0.3, -0.25) is 53.1 Å². The molecular formula is C51H48BN3O10. The van der Waals surface area contributed by atoms with Crippen LogP contribution in [0.4, 0.5) is 0 Å². The van der Waals surface area contributed by atoms with Crippen LogP contribution in [0, 0.1) is 5.92 Å². The van der Waals surface area contributed by atoms with Crippen LogP contribution in [0.5, 0.6) is 23.0 Å². The summed E-state index contributed by atoms with van der Waals surface area (Å²) >= 11 is 0. The van der Waals surface area contributed by atoms with Gasteiger partial charge in [0.2, 0.25) is 0 Å². The Bertz CT molecular complexity index is 2730. The number of rotatable bonds is 16. The number of ketones is 2. The summed E-state index contributed by atoms with van der Waals surface area (Å²) in [5.74, 6) is -2.66. The Morgan fingerprint density at radius 3 is 1.38 bits per heavy atom. The van der Waals surface area contributed by atoms with Crippen molar-refractivity contribution in [2.75, 3.05) is 6.54 Å². The fraction of sp³-hybridized carbons (Fsp3) is 0.294. The third-order valence-electron chi connectivity index (χ3n) is 13.9. The highest BCUT2D eigenvalue weighted by atomic mass is 16.5. The first kappa shape index (κ1) is 44.4. The Labute approximate surface area is 377 Å². The Morgan fingerprint density at radius 2 is 0.923 bits per heavy atom. The molecule has 0 saturated carbocycles. The molecular weight excluding hydrogens is 825 g/mol. The number of carbonyl (C=O) groups excluding carboxylic acids is 8. The van der Waals surface area contributed by atoms with E-state index in [-0.39, 0.29) is 46.8 Å². The maximum Gasteiger partial charge on any atom is 0.262 e. The SMILES string of the molecule is BCC(CC)(CC1C(=O)C=CC1=O)N1C(=O)c2ccc(Oc3ccc(C(C)(C)c4ccc(Oc5ccc6c(c5)C(=O)N(CC(CC)(CC)N5C(=O)C=CC5=O)C6=O)cc4)cc3)cc2C1=O. The minimum atomic E-state index is -1.05. The summed E-state index contributed by atoms with van der Waals surface area (Å²) in [7, 11) is 1.85. The average molecular weight is 874 g/mol. The van der Waals surface area contributed by atoms with Crippen LogP contribution in [0.2, 0.25) is 6.32 Å². The monoisotopic (exact) mass is 873 g/mol. The summed E-state index contributed by atoms with van der Waals surface area (Å²) in [6, 6.07) is 24.6. The summed E-state index contributed by atoms with van der Waals surface area (Å²) < 4.78 is 12.3. The zero-order valence-corrected chi connectivity index (χ0v) is 37.1. The van der Waals surface area contributed by atoms with Crippen LogP contribution in [0.1, 0.15) is 113 Å². The van der Waals surface area contributed by atoms with Gasteiger partial charge in [0.1, 0.15) is 30.8 Å². The number of ether oxygens (including phenoxy) is 2. The molecule has 0 fully saturated rings. The average Bonchev–Trinajstić information content (AvgIpc) is 3.97. The van der Waals surface area contributed by atoms with E-state index in [0.29, 0.717) is 48.6 Å². The molecule has 8 rings (SSSR count). The largest absolute Gasteiger partial charge is 0.457 e. The molecule has 14 heteroatoms. The number of carbonyl (C=O) groups is 8. The van der Waals surface area contributed by atoms with Gasteiger partial charge in [0.15, 0.2) is 11.6 Å². The molecule has 1 aliphatic carbocycles. The molecule has 0 aromatic heterocycles. The minimum Gasteiger partial charge on any atom is -0.457 e. The van der Waals surface area contributed by atoms with Crippen LogP contribution in [-0.2, 0) is 24.6 Å². The lowest BCUT2D eigenvalue weighted by Crippen LogP contribution is -2.58. The van der Waals surface area contributed by atoms with Gasteiger partial charge in [-0.05, 0) is 110 Å². The van der Waals surface area contributed by atoms with Crippen molar-refractivity contribution in [3.63, 3.8) is 0 Å². The van der Waals surface area contributed by atoms with E-state index in [1.54, 1.807) is 30.3 Å². The van der Waals surface area contributed by atoms with E-state index < -0.39 is 57.9 Å². The quantitative estimate of drug-likeness (QED) is 0.0640. The highest BCUT2D eigenvalue weighted by molar-refractivity contribution is 6.24. The fourth-order valence-electron chi connectivity index (χ4n) is 9.60. The third kappa shape index (κ3) is 7.50. The second kappa shape index (κ2) is 16.7. The normalized spacial score (nSPS) is 17.2. The summed E-state index contributed by atoms with van der Waals surface area (Å²) in [6.07, 6.45) is 6.49. The van der Waals surface area contributed by atoms with Gasteiger partial charge in [0.25, 0.3) is 35.4 Å². The second-order valence-corrected chi connectivity index (χ2v) is 17.5. The van der Waals surface area contributed by atoms with Gasteiger partial charge >= 0.3 is 0 Å². The van der Waals surface area contributed by atoms with Crippen LogP contribution in [0.3, 0.4) is 0 Å². The second-order valence-electron chi connectivity index (χ2n) is 17.5. The Hall–Kier alpha value is -7.22. The first-order valence-electron chi connectivity index (χ1n) is 21.9. The van der Waals surface area contributed by atoms with Gasteiger partial charge in [-0.1, -0.05) is 65.2 Å². The summed E-state index contributed by atoms with van der Waals surface area (Å²) in [6.45, 7) is 9.55. The highest BCUT2D eigenvalue weighted by Gasteiger charge is 2.50. The molecule has 4 aromatic rings. The molecule has 0 radical (unpaired) electrons. The smallest absolute Gasteiger partial charge is 0.262 e. The maximum absolute atomic E-state index is 13.9. The van der Waals surface area contributed by atoms with Crippen molar-refractivity contribution in [1.82, 2.24) is 14.7 Å². The van der Waals surface area contributed by atoms with Crippen LogP contribution in [0.25, 0.3) is 0 Å². The molecule has 4 aromatic carbocycles. The number of amides is 6. The lowest BCUT2D eigenvalue weighted by molar-refractivity contribution is -0.145. The third-order valence-corrected chi connectivity index (χ3v) is 13.9. The summed E-state index contributed by atoms with van der Waals surface area (Å²) in [4.78, 5) is 109. The van der Waals surface area contributed by atoms with Gasteiger partial charge in [-0.25, -0.2) is 0 Å². The van der Waals surface area contributed by atoms with Crippen LogP contribution in [0.15, 0.2) is 109 Å². The van der Waals surface area contributed by atoms with E-state index in [2.05, 4.69) is 13.8 Å². The minimum absolute atomic E-state index is 0.0674. The number of imide groups is 3. The van der Waals surface area contributed by atoms with E-state index in [1.807, 2.05) is 77.1 Å². The maximum atomic E-state index is 13.9. The van der Waals surface area contributed by atoms with Crippen LogP contribution >= 0.6 is 0 Å². The molecule has 1 atom stereocenters. The lowest BCUT2D eigenvalue weighted by atomic mass is 9.73. The van der Waals surface area contributed by atoms with Crippen molar-refractivity contribution in [2.24, 2.45) is 5.92 Å². The standard InChI is InChI=1S/C51H48BN3O10/c1-6-50(7-2,54-43(58)23-24-44(54)59)29-53-45(60)36-19-17-34(25-38(36)46(53)61)64-32-13-9-30(10-14-32)49(4,5)31-11-15-33(16-12-31)65-35-18-20-37-39(26-35)48(63)55(47(37)62)51(8-3,28-52)27-40-41(56)21-22-42(40)57/h9-26,40H,6-8,27-29,52H2,1-5H3. The van der Waals surface area contributed by atoms with Gasteiger partial charge in [0.05, 0.1) is 40.3 Å². The van der Waals surface area contributed by atoms with E-state index in [0.717, 1.165) is 20.9 Å². The van der Waals surface area contributed by atoms with Crippen molar-refractivity contribution in [3.8, 4) is 23.0 Å². The number of fused-ring (bicyclic) bond motifs is 2.